The molecule has 3 atom stereocenters. The van der Waals surface area contributed by atoms with Gasteiger partial charge >= 0.3 is 5.97 Å². The Kier molecular flexibility index (Phi) is 5.79. The molecule has 1 saturated carbocycles. The molecular weight excluding hydrogens is 384 g/mol. The van der Waals surface area contributed by atoms with E-state index in [1.807, 2.05) is 6.92 Å². The number of ether oxygens (including phenoxy) is 1. The molecule has 0 spiro atoms. The summed E-state index contributed by atoms with van der Waals surface area (Å²) in [6.45, 7) is 4.93. The lowest BCUT2D eigenvalue weighted by Gasteiger charge is -2.24. The van der Waals surface area contributed by atoms with Crippen molar-refractivity contribution in [2.75, 3.05) is 6.54 Å². The van der Waals surface area contributed by atoms with Crippen molar-refractivity contribution in [1.82, 2.24) is 9.62 Å². The number of β-amino-alcohol motifs (C(OH)–C–C–N with tert-alkyl or cyclic N) is 1. The number of carbonyl (C=O) groups excluding carboxylic acids is 2. The molecule has 154 valence electrons. The highest BCUT2D eigenvalue weighted by molar-refractivity contribution is 7.89. The lowest BCUT2D eigenvalue weighted by molar-refractivity contribution is -0.158. The second kappa shape index (κ2) is 7.81. The molecule has 1 aromatic carbocycles. The van der Waals surface area contributed by atoms with Crippen molar-refractivity contribution in [1.29, 1.82) is 0 Å². The second-order valence-electron chi connectivity index (χ2n) is 7.59. The number of sulfonamides is 1. The van der Waals surface area contributed by atoms with Crippen LogP contribution in [0.4, 0.5) is 0 Å². The normalized spacial score (nSPS) is 24.0. The number of nitrogens with one attached hydrogen (secondary N) is 1. The zero-order valence-electron chi connectivity index (χ0n) is 16.2. The maximum absolute atomic E-state index is 13.1. The number of amides is 1. The summed E-state index contributed by atoms with van der Waals surface area (Å²) in [5.74, 6) is -1.24. The van der Waals surface area contributed by atoms with E-state index in [9.17, 15) is 23.1 Å². The van der Waals surface area contributed by atoms with Crippen LogP contribution in [0, 0.1) is 13.8 Å². The van der Waals surface area contributed by atoms with E-state index in [2.05, 4.69) is 5.32 Å². The van der Waals surface area contributed by atoms with E-state index in [1.165, 1.54) is 13.0 Å². The fourth-order valence-electron chi connectivity index (χ4n) is 3.13. The van der Waals surface area contributed by atoms with Crippen molar-refractivity contribution >= 4 is 21.9 Å². The number of nitrogens with zero attached hydrogens (tertiary/aromatic N) is 1. The summed E-state index contributed by atoms with van der Waals surface area (Å²) >= 11 is 0. The molecule has 0 bridgehead atoms. The summed E-state index contributed by atoms with van der Waals surface area (Å²) in [6, 6.07) is 3.69. The zero-order valence-corrected chi connectivity index (χ0v) is 17.0. The van der Waals surface area contributed by atoms with Crippen LogP contribution >= 0.6 is 0 Å². The summed E-state index contributed by atoms with van der Waals surface area (Å²) in [5, 5.41) is 12.7. The van der Waals surface area contributed by atoms with Crippen molar-refractivity contribution < 1.29 is 27.9 Å². The Bertz CT molecular complexity index is 880. The molecule has 2 fully saturated rings. The van der Waals surface area contributed by atoms with Gasteiger partial charge in [-0.1, -0.05) is 6.07 Å². The highest BCUT2D eigenvalue weighted by atomic mass is 32.2. The van der Waals surface area contributed by atoms with Gasteiger partial charge in [0, 0.05) is 19.0 Å². The van der Waals surface area contributed by atoms with Crippen molar-refractivity contribution in [3.8, 4) is 0 Å². The molecule has 3 rings (SSSR count). The van der Waals surface area contributed by atoms with E-state index in [-0.39, 0.29) is 23.9 Å². The van der Waals surface area contributed by atoms with E-state index in [4.69, 9.17) is 4.74 Å². The first-order valence-electron chi connectivity index (χ1n) is 9.37. The molecule has 1 aliphatic carbocycles. The van der Waals surface area contributed by atoms with E-state index in [0.717, 1.165) is 28.3 Å². The predicted molar refractivity (Wildman–Crippen MR) is 101 cm³/mol. The van der Waals surface area contributed by atoms with Crippen molar-refractivity contribution in [2.45, 2.75) is 69.2 Å². The third kappa shape index (κ3) is 4.37. The lowest BCUT2D eigenvalue weighted by atomic mass is 10.1. The highest BCUT2D eigenvalue weighted by Crippen LogP contribution is 2.28. The van der Waals surface area contributed by atoms with E-state index in [1.54, 1.807) is 19.1 Å². The monoisotopic (exact) mass is 410 g/mol. The van der Waals surface area contributed by atoms with Crippen LogP contribution in [-0.2, 0) is 24.3 Å². The van der Waals surface area contributed by atoms with Gasteiger partial charge in [0.2, 0.25) is 10.0 Å². The largest absolute Gasteiger partial charge is 0.451 e. The minimum Gasteiger partial charge on any atom is -0.451 e. The molecule has 0 radical (unpaired) electrons. The number of aryl methyl sites for hydroxylation is 2. The number of rotatable bonds is 6. The maximum atomic E-state index is 13.1. The Morgan fingerprint density at radius 3 is 2.54 bits per heavy atom. The van der Waals surface area contributed by atoms with Crippen LogP contribution in [0.5, 0.6) is 0 Å². The zero-order chi connectivity index (χ0) is 20.6. The van der Waals surface area contributed by atoms with Gasteiger partial charge in [0.1, 0.15) is 6.04 Å². The Hall–Kier alpha value is -1.97. The highest BCUT2D eigenvalue weighted by Gasteiger charge is 2.45. The van der Waals surface area contributed by atoms with Crippen molar-refractivity contribution in [3.05, 3.63) is 29.3 Å². The van der Waals surface area contributed by atoms with Gasteiger partial charge in [-0.3, -0.25) is 9.59 Å². The molecule has 28 heavy (non-hydrogen) atoms. The van der Waals surface area contributed by atoms with Gasteiger partial charge in [-0.15, -0.1) is 0 Å². The van der Waals surface area contributed by atoms with Crippen molar-refractivity contribution in [2.24, 2.45) is 0 Å². The second-order valence-corrected chi connectivity index (χ2v) is 9.48. The predicted octanol–water partition coefficient (Wildman–Crippen LogP) is 0.638. The average molecular weight is 410 g/mol. The number of aliphatic hydroxyl groups is 1. The Labute approximate surface area is 164 Å². The van der Waals surface area contributed by atoms with Crippen LogP contribution in [-0.4, -0.2) is 60.5 Å². The summed E-state index contributed by atoms with van der Waals surface area (Å²) in [7, 11) is -4.00. The Morgan fingerprint density at radius 2 is 1.93 bits per heavy atom. The quantitative estimate of drug-likeness (QED) is 0.666. The van der Waals surface area contributed by atoms with Gasteiger partial charge in [0.05, 0.1) is 11.0 Å². The number of hydrogen-bond acceptors (Lipinski definition) is 6. The maximum Gasteiger partial charge on any atom is 0.325 e. The van der Waals surface area contributed by atoms with Crippen LogP contribution in [0.1, 0.15) is 37.3 Å². The third-order valence-corrected chi connectivity index (χ3v) is 7.05. The van der Waals surface area contributed by atoms with Gasteiger partial charge < -0.3 is 15.2 Å². The first kappa shape index (κ1) is 20.8. The number of hydrogen-bond donors (Lipinski definition) is 2. The number of aliphatic hydroxyl groups excluding tert-OH is 1. The summed E-state index contributed by atoms with van der Waals surface area (Å²) in [6.07, 6.45) is -0.266. The first-order valence-corrected chi connectivity index (χ1v) is 10.8. The Balaban J connectivity index is 1.76. The number of carbonyl (C=O) groups is 2. The molecule has 1 amide bonds. The smallest absolute Gasteiger partial charge is 0.325 e. The molecule has 1 aromatic rings. The van der Waals surface area contributed by atoms with Crippen LogP contribution in [0.2, 0.25) is 0 Å². The molecule has 2 unspecified atom stereocenters. The SMILES string of the molecule is Cc1ccc(S(=O)(=O)N2CC(O)C[C@H]2C(=O)OC(C)C(=O)NC2CC2)cc1C. The minimum absolute atomic E-state index is 0.0574. The molecule has 8 nitrogen and oxygen atoms in total. The van der Waals surface area contributed by atoms with Crippen molar-refractivity contribution in [3.63, 3.8) is 0 Å². The minimum atomic E-state index is -4.00. The summed E-state index contributed by atoms with van der Waals surface area (Å²) in [5.41, 5.74) is 1.76. The fourth-order valence-corrected chi connectivity index (χ4v) is 4.84. The Morgan fingerprint density at radius 1 is 1.25 bits per heavy atom. The molecule has 1 aliphatic heterocycles. The van der Waals surface area contributed by atoms with Gasteiger partial charge in [-0.2, -0.15) is 4.31 Å². The topological polar surface area (TPSA) is 113 Å². The van der Waals surface area contributed by atoms with Gasteiger partial charge in [-0.05, 0) is 56.9 Å². The third-order valence-electron chi connectivity index (χ3n) is 5.18. The molecule has 2 aliphatic rings. The number of benzene rings is 1. The van der Waals surface area contributed by atoms with Crippen LogP contribution < -0.4 is 5.32 Å². The average Bonchev–Trinajstić information content (AvgIpc) is 3.34. The molecule has 1 saturated heterocycles. The van der Waals surface area contributed by atoms with Crippen LogP contribution in [0.3, 0.4) is 0 Å². The van der Waals surface area contributed by atoms with Crippen LogP contribution in [0.25, 0.3) is 0 Å². The number of esters is 1. The molecule has 9 heteroatoms. The molecular formula is C19H26N2O6S. The molecule has 2 N–H and O–H groups in total. The van der Waals surface area contributed by atoms with Crippen LogP contribution in [0.15, 0.2) is 23.1 Å². The summed E-state index contributed by atoms with van der Waals surface area (Å²) in [4.78, 5) is 24.7. The molecule has 1 heterocycles. The van der Waals surface area contributed by atoms with Gasteiger partial charge in [0.15, 0.2) is 6.10 Å². The molecule has 0 aromatic heterocycles. The van der Waals surface area contributed by atoms with E-state index < -0.39 is 40.1 Å². The van der Waals surface area contributed by atoms with Gasteiger partial charge in [-0.25, -0.2) is 8.42 Å². The van der Waals surface area contributed by atoms with E-state index >= 15 is 0 Å². The first-order chi connectivity index (χ1) is 13.1. The standard InChI is InChI=1S/C19H26N2O6S/c1-11-4-7-16(8-12(11)2)28(25,26)21-10-15(22)9-17(21)19(24)27-13(3)18(23)20-14-5-6-14/h4,7-8,13-15,17,22H,5-6,9-10H2,1-3H3,(H,20,23)/t13?,15?,17-/m0/s1. The van der Waals surface area contributed by atoms with E-state index in [0.29, 0.717) is 0 Å². The fraction of sp³-hybridized carbons (Fsp3) is 0.579. The summed E-state index contributed by atoms with van der Waals surface area (Å²) < 4.78 is 32.3. The van der Waals surface area contributed by atoms with Gasteiger partial charge in [0.25, 0.3) is 5.91 Å². The lowest BCUT2D eigenvalue weighted by Crippen LogP contribution is -2.44.